The van der Waals surface area contributed by atoms with Crippen LogP contribution in [0.4, 0.5) is 43.9 Å². The van der Waals surface area contributed by atoms with Crippen molar-refractivity contribution in [3.63, 3.8) is 0 Å². The molecule has 0 aliphatic heterocycles. The number of rotatable bonds is 10. The smallest absolute Gasteiger partial charge is 0.432 e. The lowest BCUT2D eigenvalue weighted by Gasteiger charge is -2.33. The van der Waals surface area contributed by atoms with Gasteiger partial charge in [-0.05, 0) is 67.0 Å². The first-order valence-corrected chi connectivity index (χ1v) is 13.1. The maximum absolute atomic E-state index is 14.8. The molecule has 0 radical (unpaired) electrons. The Morgan fingerprint density at radius 1 is 0.744 bits per heavy atom. The van der Waals surface area contributed by atoms with E-state index >= 15 is 0 Å². The molecule has 1 fully saturated rings. The fourth-order valence-corrected chi connectivity index (χ4v) is 4.89. The van der Waals surface area contributed by atoms with E-state index < -0.39 is 64.5 Å². The van der Waals surface area contributed by atoms with Gasteiger partial charge in [0.2, 0.25) is 0 Å². The third kappa shape index (κ3) is 7.55. The SMILES string of the molecule is CCC1CCC(C(F)(F)Oc2ccc(-c3cc(F)c(C(F)(F)Oc4cc(F)c(OC=C(F)F)c(F)c4)c(F)c3)cc2)CC1. The minimum Gasteiger partial charge on any atom is -0.453 e. The Kier molecular flexibility index (Phi) is 9.50. The lowest BCUT2D eigenvalue weighted by atomic mass is 9.80. The molecule has 0 spiro atoms. The molecule has 43 heavy (non-hydrogen) atoms. The Hall–Kier alpha value is -3.90. The van der Waals surface area contributed by atoms with E-state index in [-0.39, 0.29) is 35.3 Å². The molecular weight excluding hydrogens is 598 g/mol. The zero-order valence-electron chi connectivity index (χ0n) is 22.4. The highest BCUT2D eigenvalue weighted by Gasteiger charge is 2.44. The average Bonchev–Trinajstić information content (AvgIpc) is 2.92. The largest absolute Gasteiger partial charge is 0.453 e. The van der Waals surface area contributed by atoms with Gasteiger partial charge in [-0.15, -0.1) is 0 Å². The first-order chi connectivity index (χ1) is 20.2. The molecule has 3 aromatic carbocycles. The van der Waals surface area contributed by atoms with E-state index in [0.717, 1.165) is 18.6 Å². The fourth-order valence-electron chi connectivity index (χ4n) is 4.89. The van der Waals surface area contributed by atoms with Crippen molar-refractivity contribution in [1.82, 2.24) is 0 Å². The van der Waals surface area contributed by atoms with Crippen LogP contribution in [-0.2, 0) is 6.11 Å². The molecule has 0 aromatic heterocycles. The summed E-state index contributed by atoms with van der Waals surface area (Å²) in [5.41, 5.74) is -2.05. The summed E-state index contributed by atoms with van der Waals surface area (Å²) in [5, 5.41) is 0. The molecular formula is C30H24F10O3. The lowest BCUT2D eigenvalue weighted by Crippen LogP contribution is -2.37. The summed E-state index contributed by atoms with van der Waals surface area (Å²) in [5.74, 6) is -10.4. The van der Waals surface area contributed by atoms with Crippen LogP contribution in [-0.4, -0.2) is 6.11 Å². The second-order valence-corrected chi connectivity index (χ2v) is 9.99. The molecule has 1 saturated carbocycles. The van der Waals surface area contributed by atoms with Crippen molar-refractivity contribution in [2.24, 2.45) is 11.8 Å². The number of ether oxygens (including phenoxy) is 3. The molecule has 3 aromatic rings. The van der Waals surface area contributed by atoms with Gasteiger partial charge >= 0.3 is 18.3 Å². The van der Waals surface area contributed by atoms with Crippen molar-refractivity contribution in [2.45, 2.75) is 51.2 Å². The highest BCUT2D eigenvalue weighted by molar-refractivity contribution is 5.65. The molecule has 1 aliphatic carbocycles. The van der Waals surface area contributed by atoms with Crippen LogP contribution in [0.5, 0.6) is 17.2 Å². The fraction of sp³-hybridized carbons (Fsp3) is 0.333. The molecule has 13 heteroatoms. The Morgan fingerprint density at radius 3 is 1.81 bits per heavy atom. The van der Waals surface area contributed by atoms with E-state index in [1.165, 1.54) is 12.1 Å². The molecule has 0 heterocycles. The van der Waals surface area contributed by atoms with Crippen LogP contribution in [0.1, 0.15) is 44.6 Å². The van der Waals surface area contributed by atoms with E-state index in [0.29, 0.717) is 43.7 Å². The number of hydrogen-bond donors (Lipinski definition) is 0. The van der Waals surface area contributed by atoms with Crippen LogP contribution in [0.3, 0.4) is 0 Å². The van der Waals surface area contributed by atoms with E-state index in [1.54, 1.807) is 0 Å². The van der Waals surface area contributed by atoms with Crippen LogP contribution in [0.25, 0.3) is 11.1 Å². The van der Waals surface area contributed by atoms with Crippen LogP contribution in [0.15, 0.2) is 60.9 Å². The van der Waals surface area contributed by atoms with Gasteiger partial charge in [0.05, 0.1) is 5.92 Å². The molecule has 0 atom stereocenters. The van der Waals surface area contributed by atoms with Crippen molar-refractivity contribution in [3.05, 3.63) is 89.7 Å². The van der Waals surface area contributed by atoms with E-state index in [2.05, 4.69) is 9.47 Å². The third-order valence-electron chi connectivity index (χ3n) is 7.16. The minimum atomic E-state index is -4.79. The highest BCUT2D eigenvalue weighted by Crippen LogP contribution is 2.42. The topological polar surface area (TPSA) is 27.7 Å². The third-order valence-corrected chi connectivity index (χ3v) is 7.16. The van der Waals surface area contributed by atoms with Gasteiger partial charge in [-0.25, -0.2) is 17.6 Å². The molecule has 0 amide bonds. The van der Waals surface area contributed by atoms with Crippen molar-refractivity contribution in [2.75, 3.05) is 0 Å². The molecule has 0 bridgehead atoms. The molecule has 0 saturated heterocycles. The zero-order chi connectivity index (χ0) is 31.5. The molecule has 232 valence electrons. The van der Waals surface area contributed by atoms with Gasteiger partial charge in [0.1, 0.15) is 28.7 Å². The maximum atomic E-state index is 14.8. The van der Waals surface area contributed by atoms with Gasteiger partial charge in [0.25, 0.3) is 0 Å². The summed E-state index contributed by atoms with van der Waals surface area (Å²) in [6.45, 7) is 2.01. The van der Waals surface area contributed by atoms with Crippen LogP contribution >= 0.6 is 0 Å². The number of hydrogen-bond acceptors (Lipinski definition) is 3. The second-order valence-electron chi connectivity index (χ2n) is 9.99. The van der Waals surface area contributed by atoms with Gasteiger partial charge < -0.3 is 14.2 Å². The number of alkyl halides is 4. The van der Waals surface area contributed by atoms with Gasteiger partial charge in [-0.2, -0.15) is 26.3 Å². The molecule has 0 N–H and O–H groups in total. The highest BCUT2D eigenvalue weighted by atomic mass is 19.3. The first-order valence-electron chi connectivity index (χ1n) is 13.1. The van der Waals surface area contributed by atoms with E-state index in [4.69, 9.17) is 4.74 Å². The predicted molar refractivity (Wildman–Crippen MR) is 135 cm³/mol. The van der Waals surface area contributed by atoms with Crippen molar-refractivity contribution in [3.8, 4) is 28.4 Å². The normalized spacial score (nSPS) is 17.4. The molecule has 1 aliphatic rings. The Morgan fingerprint density at radius 2 is 1.30 bits per heavy atom. The number of halogens is 10. The van der Waals surface area contributed by atoms with E-state index in [1.807, 2.05) is 6.92 Å². The Labute approximate surface area is 239 Å². The standard InChI is InChI=1S/C30H24F10O3/c1-2-16-3-7-19(8-4-16)29(37,38)42-20-9-5-17(6-10-20)18-11-22(31)27(23(32)12-18)30(39,40)43-21-13-24(33)28(25(34)14-21)41-15-26(35)36/h5-6,9-16,19H,2-4,7-8H2,1H3. The molecule has 3 nitrogen and oxygen atoms in total. The van der Waals surface area contributed by atoms with E-state index in [9.17, 15) is 43.9 Å². The monoisotopic (exact) mass is 622 g/mol. The molecule has 0 unspecified atom stereocenters. The lowest BCUT2D eigenvalue weighted by molar-refractivity contribution is -0.223. The number of benzene rings is 3. The van der Waals surface area contributed by atoms with Crippen LogP contribution < -0.4 is 14.2 Å². The Bertz CT molecular complexity index is 1420. The summed E-state index contributed by atoms with van der Waals surface area (Å²) in [6.07, 6.45) is -8.07. The predicted octanol–water partition coefficient (Wildman–Crippen LogP) is 10.3. The van der Waals surface area contributed by atoms with Gasteiger partial charge in [-0.1, -0.05) is 25.5 Å². The summed E-state index contributed by atoms with van der Waals surface area (Å²) in [7, 11) is 0. The van der Waals surface area contributed by atoms with Crippen molar-refractivity contribution in [1.29, 1.82) is 0 Å². The minimum absolute atomic E-state index is 0.0752. The van der Waals surface area contributed by atoms with Gasteiger partial charge in [0.15, 0.2) is 23.6 Å². The van der Waals surface area contributed by atoms with Crippen LogP contribution in [0.2, 0.25) is 0 Å². The summed E-state index contributed by atoms with van der Waals surface area (Å²) in [6, 6.07) is 6.06. The van der Waals surface area contributed by atoms with Gasteiger partial charge in [0, 0.05) is 12.1 Å². The van der Waals surface area contributed by atoms with Crippen molar-refractivity contribution < 1.29 is 58.1 Å². The summed E-state index contributed by atoms with van der Waals surface area (Å²) >= 11 is 0. The Balaban J connectivity index is 1.49. The maximum Gasteiger partial charge on any atom is 0.432 e. The average molecular weight is 622 g/mol. The van der Waals surface area contributed by atoms with Gasteiger partial charge in [-0.3, -0.25) is 0 Å². The second kappa shape index (κ2) is 12.8. The zero-order valence-corrected chi connectivity index (χ0v) is 22.4. The van der Waals surface area contributed by atoms with Crippen molar-refractivity contribution >= 4 is 0 Å². The quantitative estimate of drug-likeness (QED) is 0.166. The summed E-state index contributed by atoms with van der Waals surface area (Å²) in [4.78, 5) is 0. The molecule has 4 rings (SSSR count). The summed E-state index contributed by atoms with van der Waals surface area (Å²) < 4.78 is 154. The van der Waals surface area contributed by atoms with Crippen LogP contribution in [0, 0.1) is 35.1 Å². The first kappa shape index (κ1) is 32.0.